The molecule has 0 radical (unpaired) electrons. The van der Waals surface area contributed by atoms with E-state index in [1.165, 1.54) is 4.52 Å². The molecular formula is C32H24N6O2. The minimum Gasteiger partial charge on any atom is -0.497 e. The molecule has 0 fully saturated rings. The second kappa shape index (κ2) is 9.59. The molecule has 0 aliphatic carbocycles. The second-order valence-corrected chi connectivity index (χ2v) is 9.38. The molecule has 0 amide bonds. The van der Waals surface area contributed by atoms with Crippen LogP contribution in [-0.2, 0) is 0 Å². The monoisotopic (exact) mass is 524 g/mol. The van der Waals surface area contributed by atoms with Crippen molar-refractivity contribution in [1.29, 1.82) is 0 Å². The Labute approximate surface area is 228 Å². The highest BCUT2D eigenvalue weighted by Crippen LogP contribution is 2.36. The lowest BCUT2D eigenvalue weighted by molar-refractivity contribution is 0.415. The number of aromatic amines is 2. The number of H-pyrrole nitrogens is 2. The molecule has 0 spiro atoms. The number of fused-ring (bicyclic) bond motifs is 2. The maximum Gasteiger partial charge on any atom is 0.284 e. The maximum atomic E-state index is 14.3. The number of nitrogens with zero attached hydrogens (tertiary/aromatic N) is 3. The average molecular weight is 525 g/mol. The number of hydrogen-bond donors (Lipinski definition) is 3. The molecule has 4 aromatic heterocycles. The molecule has 3 aromatic carbocycles. The van der Waals surface area contributed by atoms with E-state index in [9.17, 15) is 4.79 Å². The predicted octanol–water partition coefficient (Wildman–Crippen LogP) is 6.65. The Morgan fingerprint density at radius 2 is 1.52 bits per heavy atom. The average Bonchev–Trinajstić information content (AvgIpc) is 3.63. The molecule has 0 saturated heterocycles. The smallest absolute Gasteiger partial charge is 0.284 e. The fourth-order valence-corrected chi connectivity index (χ4v) is 5.02. The zero-order valence-corrected chi connectivity index (χ0v) is 21.6. The molecular weight excluding hydrogens is 500 g/mol. The van der Waals surface area contributed by atoms with Crippen LogP contribution in [0.4, 0.5) is 11.6 Å². The van der Waals surface area contributed by atoms with Crippen LogP contribution in [-0.4, -0.2) is 31.7 Å². The first-order chi connectivity index (χ1) is 19.7. The molecule has 0 aliphatic rings. The first-order valence-corrected chi connectivity index (χ1v) is 12.8. The summed E-state index contributed by atoms with van der Waals surface area (Å²) >= 11 is 0. The van der Waals surface area contributed by atoms with Crippen LogP contribution < -0.4 is 15.6 Å². The van der Waals surface area contributed by atoms with E-state index in [2.05, 4.69) is 20.3 Å². The number of anilines is 2. The van der Waals surface area contributed by atoms with E-state index in [0.717, 1.165) is 27.6 Å². The summed E-state index contributed by atoms with van der Waals surface area (Å²) in [5.74, 6) is 1.82. The summed E-state index contributed by atoms with van der Waals surface area (Å²) in [6, 6.07) is 31.2. The number of ether oxygens (including phenoxy) is 1. The lowest BCUT2D eigenvalue weighted by Gasteiger charge is -2.13. The van der Waals surface area contributed by atoms with Gasteiger partial charge in [-0.25, -0.2) is 4.98 Å². The Bertz CT molecular complexity index is 2020. The standard InChI is InChI=1S/C32H24N6O2/c1-40-24-14-12-21(13-15-24)28-30(35-26-18-23-16-17-33-25(23)19-34-26)36-31-27(20-8-4-2-5-9-20)29(37-38(31)32(28)39)22-10-6-3-7-11-22/h2-19,33,36H,1H3,(H,34,35). The second-order valence-electron chi connectivity index (χ2n) is 9.38. The largest absolute Gasteiger partial charge is 0.497 e. The van der Waals surface area contributed by atoms with Gasteiger partial charge < -0.3 is 20.0 Å². The molecule has 7 rings (SSSR count). The molecule has 8 heteroatoms. The van der Waals surface area contributed by atoms with E-state index >= 15 is 0 Å². The van der Waals surface area contributed by atoms with Crippen molar-refractivity contribution in [2.75, 3.05) is 12.4 Å². The van der Waals surface area contributed by atoms with Gasteiger partial charge in [-0.15, -0.1) is 0 Å². The molecule has 0 unspecified atom stereocenters. The van der Waals surface area contributed by atoms with Crippen LogP contribution in [0.25, 0.3) is 50.1 Å². The van der Waals surface area contributed by atoms with Gasteiger partial charge in [0.25, 0.3) is 5.56 Å². The van der Waals surface area contributed by atoms with Gasteiger partial charge in [-0.05, 0) is 35.4 Å². The number of nitrogens with one attached hydrogen (secondary N) is 3. The van der Waals surface area contributed by atoms with Gasteiger partial charge >= 0.3 is 0 Å². The molecule has 40 heavy (non-hydrogen) atoms. The van der Waals surface area contributed by atoms with Crippen LogP contribution in [0.2, 0.25) is 0 Å². The number of pyridine rings is 1. The summed E-state index contributed by atoms with van der Waals surface area (Å²) in [4.78, 5) is 25.5. The lowest BCUT2D eigenvalue weighted by atomic mass is 10.0. The molecule has 0 atom stereocenters. The van der Waals surface area contributed by atoms with Crippen LogP contribution in [0.1, 0.15) is 0 Å². The summed E-state index contributed by atoms with van der Waals surface area (Å²) in [7, 11) is 1.61. The quantitative estimate of drug-likeness (QED) is 0.226. The molecule has 7 aromatic rings. The zero-order chi connectivity index (χ0) is 27.1. The van der Waals surface area contributed by atoms with Gasteiger partial charge in [-0.3, -0.25) is 4.79 Å². The Hall–Kier alpha value is -5.63. The number of rotatable bonds is 6. The van der Waals surface area contributed by atoms with E-state index in [1.54, 1.807) is 13.3 Å². The SMILES string of the molecule is COc1ccc(-c2c(Nc3cc4cc[nH]c4cn3)[nH]c3c(-c4ccccc4)c(-c4ccccc4)nn3c2=O)cc1. The van der Waals surface area contributed by atoms with Gasteiger partial charge in [0.05, 0.1) is 30.0 Å². The number of methoxy groups -OCH3 is 1. The van der Waals surface area contributed by atoms with Gasteiger partial charge in [-0.1, -0.05) is 72.8 Å². The van der Waals surface area contributed by atoms with E-state index in [4.69, 9.17) is 9.84 Å². The third kappa shape index (κ3) is 3.99. The van der Waals surface area contributed by atoms with Crippen LogP contribution >= 0.6 is 0 Å². The van der Waals surface area contributed by atoms with Crippen molar-refractivity contribution >= 4 is 28.2 Å². The van der Waals surface area contributed by atoms with E-state index in [0.29, 0.717) is 39.9 Å². The van der Waals surface area contributed by atoms with Crippen molar-refractivity contribution in [2.24, 2.45) is 0 Å². The van der Waals surface area contributed by atoms with Gasteiger partial charge in [0.2, 0.25) is 0 Å². The summed E-state index contributed by atoms with van der Waals surface area (Å²) in [6.07, 6.45) is 3.64. The fourth-order valence-electron chi connectivity index (χ4n) is 5.02. The molecule has 0 saturated carbocycles. The van der Waals surface area contributed by atoms with Crippen LogP contribution in [0.15, 0.2) is 114 Å². The summed E-state index contributed by atoms with van der Waals surface area (Å²) in [5.41, 5.74) is 5.81. The molecule has 3 N–H and O–H groups in total. The topological polar surface area (TPSA) is 100 Å². The van der Waals surface area contributed by atoms with Crippen molar-refractivity contribution in [2.45, 2.75) is 0 Å². The normalized spacial score (nSPS) is 11.2. The van der Waals surface area contributed by atoms with E-state index < -0.39 is 0 Å². The third-order valence-corrected chi connectivity index (χ3v) is 6.96. The molecule has 0 aliphatic heterocycles. The summed E-state index contributed by atoms with van der Waals surface area (Å²) in [5, 5.41) is 9.26. The van der Waals surface area contributed by atoms with Gasteiger partial charge in [0, 0.05) is 17.1 Å². The Balaban J connectivity index is 1.52. The molecule has 4 heterocycles. The van der Waals surface area contributed by atoms with Crippen LogP contribution in [0.3, 0.4) is 0 Å². The Morgan fingerprint density at radius 3 is 2.25 bits per heavy atom. The summed E-state index contributed by atoms with van der Waals surface area (Å²) in [6.45, 7) is 0. The van der Waals surface area contributed by atoms with E-state index in [1.807, 2.05) is 103 Å². The highest BCUT2D eigenvalue weighted by molar-refractivity contribution is 5.92. The maximum absolute atomic E-state index is 14.3. The number of hydrogen-bond acceptors (Lipinski definition) is 5. The van der Waals surface area contributed by atoms with Crippen molar-refractivity contribution in [3.05, 3.63) is 120 Å². The zero-order valence-electron chi connectivity index (χ0n) is 21.6. The van der Waals surface area contributed by atoms with E-state index in [-0.39, 0.29) is 5.56 Å². The third-order valence-electron chi connectivity index (χ3n) is 6.96. The van der Waals surface area contributed by atoms with Crippen molar-refractivity contribution < 1.29 is 4.74 Å². The molecule has 194 valence electrons. The Morgan fingerprint density at radius 1 is 0.825 bits per heavy atom. The minimum absolute atomic E-state index is 0.261. The lowest BCUT2D eigenvalue weighted by Crippen LogP contribution is -2.19. The first kappa shape index (κ1) is 23.5. The number of aromatic nitrogens is 5. The highest BCUT2D eigenvalue weighted by atomic mass is 16.5. The predicted molar refractivity (Wildman–Crippen MR) is 158 cm³/mol. The number of benzene rings is 3. The molecule has 0 bridgehead atoms. The Kier molecular flexibility index (Phi) is 5.63. The first-order valence-electron chi connectivity index (χ1n) is 12.8. The van der Waals surface area contributed by atoms with Gasteiger partial charge in [-0.2, -0.15) is 9.61 Å². The molecule has 8 nitrogen and oxygen atoms in total. The van der Waals surface area contributed by atoms with Crippen LogP contribution in [0.5, 0.6) is 5.75 Å². The van der Waals surface area contributed by atoms with Crippen LogP contribution in [0, 0.1) is 0 Å². The fraction of sp³-hybridized carbons (Fsp3) is 0.0312. The van der Waals surface area contributed by atoms with Gasteiger partial charge in [0.15, 0.2) is 0 Å². The van der Waals surface area contributed by atoms with Crippen molar-refractivity contribution in [1.82, 2.24) is 24.6 Å². The van der Waals surface area contributed by atoms with Crippen molar-refractivity contribution in [3.63, 3.8) is 0 Å². The highest BCUT2D eigenvalue weighted by Gasteiger charge is 2.23. The summed E-state index contributed by atoms with van der Waals surface area (Å²) < 4.78 is 6.81. The minimum atomic E-state index is -0.261. The van der Waals surface area contributed by atoms with Gasteiger partial charge in [0.1, 0.15) is 28.7 Å². The van der Waals surface area contributed by atoms with Crippen molar-refractivity contribution in [3.8, 4) is 39.3 Å².